The fraction of sp³-hybridized carbons (Fsp3) is 0.243. The second kappa shape index (κ2) is 16.8. The Hall–Kier alpha value is -4.19. The van der Waals surface area contributed by atoms with Crippen LogP contribution in [0.3, 0.4) is 0 Å². The van der Waals surface area contributed by atoms with E-state index in [4.69, 9.17) is 4.74 Å². The molecule has 3 aromatic carbocycles. The Morgan fingerprint density at radius 2 is 1.69 bits per heavy atom. The second-order valence-electron chi connectivity index (χ2n) is 11.2. The summed E-state index contributed by atoms with van der Waals surface area (Å²) in [5.74, 6) is -1.55. The average molecular weight is 747 g/mol. The predicted molar refractivity (Wildman–Crippen MR) is 197 cm³/mol. The summed E-state index contributed by atoms with van der Waals surface area (Å²) in [7, 11) is 0. The minimum Gasteiger partial charge on any atom is -0.462 e. The highest BCUT2D eigenvalue weighted by molar-refractivity contribution is 9.10. The molecule has 1 unspecified atom stereocenters. The summed E-state index contributed by atoms with van der Waals surface area (Å²) in [6.45, 7) is 3.83. The number of rotatable bonds is 11. The molecule has 11 heteroatoms. The van der Waals surface area contributed by atoms with E-state index in [1.54, 1.807) is 62.4 Å². The molecule has 1 heterocycles. The van der Waals surface area contributed by atoms with Crippen molar-refractivity contribution in [1.29, 1.82) is 0 Å². The minimum atomic E-state index is -0.508. The smallest absolute Gasteiger partial charge is 0.341 e. The summed E-state index contributed by atoms with van der Waals surface area (Å²) in [4.78, 5) is 54.7. The van der Waals surface area contributed by atoms with Gasteiger partial charge in [0, 0.05) is 25.5 Å². The molecular formula is C37H36BrN3O5S2. The SMILES string of the molecule is CCOC(=O)c1c(NC(=O)C(C)Sc2cccc(NC(=O)/C(=C\c3ccc(Br)cc3)NC(=O)c3ccccc3)c2)sc2c1CCCCC2. The molecule has 5 rings (SSSR count). The third-order valence-electron chi connectivity index (χ3n) is 7.62. The van der Waals surface area contributed by atoms with Crippen molar-refractivity contribution in [2.24, 2.45) is 0 Å². The molecule has 248 valence electrons. The van der Waals surface area contributed by atoms with E-state index in [9.17, 15) is 19.2 Å². The number of nitrogens with one attached hydrogen (secondary N) is 3. The summed E-state index contributed by atoms with van der Waals surface area (Å²) in [5.41, 5.74) is 3.21. The molecule has 0 radical (unpaired) electrons. The van der Waals surface area contributed by atoms with Crippen molar-refractivity contribution in [1.82, 2.24) is 5.32 Å². The molecule has 1 aromatic heterocycles. The number of benzene rings is 3. The molecule has 0 saturated carbocycles. The number of esters is 1. The molecule has 0 saturated heterocycles. The van der Waals surface area contributed by atoms with Crippen LogP contribution in [-0.4, -0.2) is 35.5 Å². The Bertz CT molecular complexity index is 1820. The number of amides is 3. The summed E-state index contributed by atoms with van der Waals surface area (Å²) in [6.07, 6.45) is 6.48. The number of fused-ring (bicyclic) bond motifs is 1. The standard InChI is InChI=1S/C37H36BrN3O5S2/c1-3-46-37(45)32-29-15-8-5-9-16-31(29)48-36(32)41-33(42)23(2)47-28-14-10-13-27(22-28)39-35(44)30(21-24-17-19-26(38)20-18-24)40-34(43)25-11-6-4-7-12-25/h4,6-7,10-14,17-23H,3,5,8-9,15-16H2,1-2H3,(H,39,44)(H,40,43)(H,41,42)/b30-21+. The van der Waals surface area contributed by atoms with Gasteiger partial charge in [0.25, 0.3) is 11.8 Å². The van der Waals surface area contributed by atoms with Crippen molar-refractivity contribution < 1.29 is 23.9 Å². The van der Waals surface area contributed by atoms with Crippen molar-refractivity contribution >= 4 is 79.5 Å². The van der Waals surface area contributed by atoms with Gasteiger partial charge in [0.15, 0.2) is 0 Å². The molecule has 4 aromatic rings. The van der Waals surface area contributed by atoms with Crippen LogP contribution in [0.4, 0.5) is 10.7 Å². The second-order valence-corrected chi connectivity index (χ2v) is 14.6. The molecule has 0 bridgehead atoms. The fourth-order valence-corrected chi connectivity index (χ4v) is 7.71. The number of aryl methyl sites for hydroxylation is 1. The normalized spacial score (nSPS) is 13.4. The summed E-state index contributed by atoms with van der Waals surface area (Å²) in [5, 5.41) is 8.67. The topological polar surface area (TPSA) is 114 Å². The number of halogens is 1. The maximum atomic E-state index is 13.5. The van der Waals surface area contributed by atoms with Crippen LogP contribution >= 0.6 is 39.0 Å². The van der Waals surface area contributed by atoms with Crippen molar-refractivity contribution in [3.63, 3.8) is 0 Å². The molecule has 1 aliphatic rings. The highest BCUT2D eigenvalue weighted by Crippen LogP contribution is 2.38. The molecule has 0 aliphatic heterocycles. The van der Waals surface area contributed by atoms with Gasteiger partial charge < -0.3 is 20.7 Å². The molecule has 0 fully saturated rings. The van der Waals surface area contributed by atoms with Crippen LogP contribution in [-0.2, 0) is 27.2 Å². The lowest BCUT2D eigenvalue weighted by Gasteiger charge is -2.14. The van der Waals surface area contributed by atoms with E-state index >= 15 is 0 Å². The summed E-state index contributed by atoms with van der Waals surface area (Å²) in [6, 6.07) is 23.2. The molecule has 0 spiro atoms. The first-order valence-corrected chi connectivity index (χ1v) is 18.2. The number of ether oxygens (including phenoxy) is 1. The fourth-order valence-electron chi connectivity index (χ4n) is 5.23. The first-order chi connectivity index (χ1) is 23.2. The third kappa shape index (κ3) is 9.24. The Balaban J connectivity index is 1.29. The molecule has 8 nitrogen and oxygen atoms in total. The Kier molecular flexibility index (Phi) is 12.3. The predicted octanol–water partition coefficient (Wildman–Crippen LogP) is 8.49. The van der Waals surface area contributed by atoms with Crippen LogP contribution in [0.15, 0.2) is 93.9 Å². The number of thioether (sulfide) groups is 1. The zero-order valence-electron chi connectivity index (χ0n) is 26.6. The highest BCUT2D eigenvalue weighted by Gasteiger charge is 2.28. The lowest BCUT2D eigenvalue weighted by molar-refractivity contribution is -0.115. The Labute approximate surface area is 296 Å². The van der Waals surface area contributed by atoms with Crippen molar-refractivity contribution in [3.8, 4) is 0 Å². The monoisotopic (exact) mass is 745 g/mol. The van der Waals surface area contributed by atoms with Crippen LogP contribution in [0.5, 0.6) is 0 Å². The van der Waals surface area contributed by atoms with Crippen LogP contribution in [0.2, 0.25) is 0 Å². The van der Waals surface area contributed by atoms with E-state index in [1.807, 2.05) is 36.4 Å². The minimum absolute atomic E-state index is 0.0729. The lowest BCUT2D eigenvalue weighted by Crippen LogP contribution is -2.30. The van der Waals surface area contributed by atoms with Gasteiger partial charge in [0.05, 0.1) is 17.4 Å². The van der Waals surface area contributed by atoms with E-state index in [1.165, 1.54) is 23.1 Å². The average Bonchev–Trinajstić information content (AvgIpc) is 3.25. The van der Waals surface area contributed by atoms with E-state index in [0.717, 1.165) is 57.5 Å². The van der Waals surface area contributed by atoms with Gasteiger partial charge in [-0.15, -0.1) is 23.1 Å². The van der Waals surface area contributed by atoms with Crippen LogP contribution in [0.25, 0.3) is 6.08 Å². The molecule has 48 heavy (non-hydrogen) atoms. The van der Waals surface area contributed by atoms with Gasteiger partial charge in [-0.1, -0.05) is 58.7 Å². The van der Waals surface area contributed by atoms with Crippen LogP contribution < -0.4 is 16.0 Å². The molecular weight excluding hydrogens is 710 g/mol. The maximum absolute atomic E-state index is 13.5. The van der Waals surface area contributed by atoms with Gasteiger partial charge in [-0.2, -0.15) is 0 Å². The van der Waals surface area contributed by atoms with E-state index < -0.39 is 23.0 Å². The van der Waals surface area contributed by atoms with E-state index in [-0.39, 0.29) is 18.2 Å². The largest absolute Gasteiger partial charge is 0.462 e. The molecule has 3 N–H and O–H groups in total. The van der Waals surface area contributed by atoms with Crippen molar-refractivity contribution in [2.75, 3.05) is 17.2 Å². The molecule has 1 aliphatic carbocycles. The number of carbonyl (C=O) groups excluding carboxylic acids is 4. The van der Waals surface area contributed by atoms with Gasteiger partial charge in [0.2, 0.25) is 5.91 Å². The number of carbonyl (C=O) groups is 4. The Morgan fingerprint density at radius 3 is 2.44 bits per heavy atom. The quantitative estimate of drug-likeness (QED) is 0.0615. The van der Waals surface area contributed by atoms with Gasteiger partial charge in [-0.25, -0.2) is 4.79 Å². The number of hydrogen-bond acceptors (Lipinski definition) is 7. The van der Waals surface area contributed by atoms with Gasteiger partial charge in [-0.05, 0) is 99.2 Å². The zero-order valence-corrected chi connectivity index (χ0v) is 29.9. The van der Waals surface area contributed by atoms with Crippen molar-refractivity contribution in [3.05, 3.63) is 116 Å². The lowest BCUT2D eigenvalue weighted by atomic mass is 10.1. The number of thiophene rings is 1. The molecule has 3 amide bonds. The number of hydrogen-bond donors (Lipinski definition) is 3. The summed E-state index contributed by atoms with van der Waals surface area (Å²) < 4.78 is 6.25. The van der Waals surface area contributed by atoms with E-state index in [2.05, 4.69) is 31.9 Å². The zero-order chi connectivity index (χ0) is 34.0. The Morgan fingerprint density at radius 1 is 0.938 bits per heavy atom. The summed E-state index contributed by atoms with van der Waals surface area (Å²) >= 11 is 6.22. The third-order valence-corrected chi connectivity index (χ3v) is 10.5. The first kappa shape index (κ1) is 35.1. The first-order valence-electron chi connectivity index (χ1n) is 15.8. The van der Waals surface area contributed by atoms with E-state index in [0.29, 0.717) is 21.8 Å². The number of anilines is 2. The highest BCUT2D eigenvalue weighted by atomic mass is 79.9. The molecule has 1 atom stereocenters. The van der Waals surface area contributed by atoms with Crippen LogP contribution in [0, 0.1) is 0 Å². The van der Waals surface area contributed by atoms with Gasteiger partial charge in [0.1, 0.15) is 10.7 Å². The van der Waals surface area contributed by atoms with Crippen LogP contribution in [0.1, 0.15) is 69.8 Å². The van der Waals surface area contributed by atoms with Gasteiger partial charge >= 0.3 is 5.97 Å². The van der Waals surface area contributed by atoms with Crippen molar-refractivity contribution in [2.45, 2.75) is 56.1 Å². The van der Waals surface area contributed by atoms with Gasteiger partial charge in [-0.3, -0.25) is 14.4 Å². The maximum Gasteiger partial charge on any atom is 0.341 e.